The zero-order chi connectivity index (χ0) is 18.6. The van der Waals surface area contributed by atoms with Gasteiger partial charge in [0.05, 0.1) is 11.1 Å². The van der Waals surface area contributed by atoms with Crippen LogP contribution in [0.25, 0.3) is 0 Å². The lowest BCUT2D eigenvalue weighted by molar-refractivity contribution is -0.605. The van der Waals surface area contributed by atoms with E-state index in [-0.39, 0.29) is 11.3 Å². The molecule has 1 heterocycles. The second kappa shape index (κ2) is 7.20. The lowest BCUT2D eigenvalue weighted by atomic mass is 10.2. The van der Waals surface area contributed by atoms with Crippen LogP contribution in [0.2, 0.25) is 0 Å². The molecule has 2 aromatic rings. The van der Waals surface area contributed by atoms with Crippen LogP contribution >= 0.6 is 0 Å². The molecule has 0 aliphatic heterocycles. The van der Waals surface area contributed by atoms with E-state index in [1.54, 1.807) is 0 Å². The van der Waals surface area contributed by atoms with E-state index in [0.717, 1.165) is 30.6 Å². The Kier molecular flexibility index (Phi) is 5.26. The van der Waals surface area contributed by atoms with Crippen molar-refractivity contribution in [3.8, 4) is 0 Å². The van der Waals surface area contributed by atoms with Gasteiger partial charge in [-0.15, -0.1) is 0 Å². The number of aromatic nitrogens is 1. The van der Waals surface area contributed by atoms with Crippen molar-refractivity contribution in [3.63, 3.8) is 0 Å². The number of nitrogens with one attached hydrogen (secondary N) is 1. The maximum Gasteiger partial charge on any atom is 0.416 e. The number of hydrogen-bond acceptors (Lipinski definition) is 4. The highest BCUT2D eigenvalue weighted by molar-refractivity contribution is 5.97. The van der Waals surface area contributed by atoms with Crippen molar-refractivity contribution >= 4 is 17.6 Å². The van der Waals surface area contributed by atoms with E-state index < -0.39 is 29.7 Å². The Morgan fingerprint density at radius 3 is 2.44 bits per heavy atom. The molecule has 0 bridgehead atoms. The molecule has 1 aromatic heterocycles. The Bertz CT molecular complexity index is 776. The van der Waals surface area contributed by atoms with Gasteiger partial charge in [0.1, 0.15) is 0 Å². The first kappa shape index (κ1) is 18.2. The highest BCUT2D eigenvalue weighted by Gasteiger charge is 2.30. The molecule has 2 rings (SSSR count). The van der Waals surface area contributed by atoms with Gasteiger partial charge in [0.25, 0.3) is 5.91 Å². The number of alkyl halides is 3. The SMILES string of the molecule is C[C@H](OC(=O)c1cc[n+]([O-])cc1)C(=O)Nc1cccc(C(F)(F)F)c1. The number of pyridine rings is 1. The van der Waals surface area contributed by atoms with Crippen LogP contribution in [0.4, 0.5) is 18.9 Å². The Morgan fingerprint density at radius 2 is 1.84 bits per heavy atom. The van der Waals surface area contributed by atoms with Crippen molar-refractivity contribution in [1.29, 1.82) is 0 Å². The lowest BCUT2D eigenvalue weighted by Crippen LogP contribution is -2.30. The number of amides is 1. The molecule has 9 heteroatoms. The summed E-state index contributed by atoms with van der Waals surface area (Å²) >= 11 is 0. The summed E-state index contributed by atoms with van der Waals surface area (Å²) in [4.78, 5) is 23.8. The van der Waals surface area contributed by atoms with E-state index in [4.69, 9.17) is 4.74 Å². The van der Waals surface area contributed by atoms with Crippen molar-refractivity contribution in [2.45, 2.75) is 19.2 Å². The first-order chi connectivity index (χ1) is 11.7. The minimum absolute atomic E-state index is 0.0609. The minimum Gasteiger partial charge on any atom is -0.619 e. The van der Waals surface area contributed by atoms with Gasteiger partial charge in [0.2, 0.25) is 0 Å². The quantitative estimate of drug-likeness (QED) is 0.520. The van der Waals surface area contributed by atoms with Crippen LogP contribution in [0, 0.1) is 5.21 Å². The third kappa shape index (κ3) is 4.93. The molecule has 0 aliphatic carbocycles. The number of esters is 1. The zero-order valence-corrected chi connectivity index (χ0v) is 12.9. The predicted molar refractivity (Wildman–Crippen MR) is 80.4 cm³/mol. The van der Waals surface area contributed by atoms with E-state index >= 15 is 0 Å². The van der Waals surface area contributed by atoms with Crippen LogP contribution in [0.15, 0.2) is 48.8 Å². The Morgan fingerprint density at radius 1 is 1.20 bits per heavy atom. The number of carbonyl (C=O) groups excluding carboxylic acids is 2. The molecule has 1 N–H and O–H groups in total. The van der Waals surface area contributed by atoms with Crippen molar-refractivity contribution < 1.29 is 32.2 Å². The summed E-state index contributed by atoms with van der Waals surface area (Å²) in [5, 5.41) is 13.1. The molecule has 0 radical (unpaired) electrons. The standard InChI is InChI=1S/C16H13F3N2O4/c1-10(25-15(23)11-5-7-21(24)8-6-11)14(22)20-13-4-2-3-12(9-13)16(17,18)19/h2-10H,1H3,(H,20,22)/t10-/m0/s1. The first-order valence-corrected chi connectivity index (χ1v) is 7.05. The summed E-state index contributed by atoms with van der Waals surface area (Å²) < 4.78 is 43.3. The summed E-state index contributed by atoms with van der Waals surface area (Å²) in [5.74, 6) is -1.63. The lowest BCUT2D eigenvalue weighted by Gasteiger charge is -2.14. The van der Waals surface area contributed by atoms with Gasteiger partial charge in [-0.1, -0.05) is 6.07 Å². The van der Waals surface area contributed by atoms with Gasteiger partial charge in [-0.3, -0.25) is 4.79 Å². The van der Waals surface area contributed by atoms with Crippen LogP contribution in [0.3, 0.4) is 0 Å². The fourth-order valence-electron chi connectivity index (χ4n) is 1.85. The minimum atomic E-state index is -4.54. The predicted octanol–water partition coefficient (Wildman–Crippen LogP) is 2.52. The molecule has 0 saturated heterocycles. The fourth-order valence-corrected chi connectivity index (χ4v) is 1.85. The summed E-state index contributed by atoms with van der Waals surface area (Å²) in [5.41, 5.74) is -0.925. The smallest absolute Gasteiger partial charge is 0.416 e. The molecule has 25 heavy (non-hydrogen) atoms. The van der Waals surface area contributed by atoms with E-state index in [1.807, 2.05) is 0 Å². The first-order valence-electron chi connectivity index (χ1n) is 7.05. The van der Waals surface area contributed by atoms with Crippen molar-refractivity contribution in [2.75, 3.05) is 5.32 Å². The molecule has 0 fully saturated rings. The Labute approximate surface area is 140 Å². The number of nitrogens with zero attached hydrogens (tertiary/aromatic N) is 1. The van der Waals surface area contributed by atoms with Crippen LogP contribution < -0.4 is 10.0 Å². The fraction of sp³-hybridized carbons (Fsp3) is 0.188. The van der Waals surface area contributed by atoms with Gasteiger partial charge >= 0.3 is 12.1 Å². The summed E-state index contributed by atoms with van der Waals surface area (Å²) in [6, 6.07) is 6.51. The van der Waals surface area contributed by atoms with Gasteiger partial charge in [-0.2, -0.15) is 17.9 Å². The highest BCUT2D eigenvalue weighted by Crippen LogP contribution is 2.30. The average molecular weight is 354 g/mol. The Balaban J connectivity index is 2.01. The topological polar surface area (TPSA) is 82.3 Å². The summed E-state index contributed by atoms with van der Waals surface area (Å²) in [6.45, 7) is 1.28. The molecule has 0 unspecified atom stereocenters. The third-order valence-electron chi connectivity index (χ3n) is 3.15. The van der Waals surface area contributed by atoms with E-state index in [0.29, 0.717) is 4.73 Å². The molecular formula is C16H13F3N2O4. The largest absolute Gasteiger partial charge is 0.619 e. The van der Waals surface area contributed by atoms with Crippen molar-refractivity contribution in [1.82, 2.24) is 0 Å². The maximum atomic E-state index is 12.6. The Hall–Kier alpha value is -3.10. The number of hydrogen-bond donors (Lipinski definition) is 1. The number of rotatable bonds is 4. The monoisotopic (exact) mass is 354 g/mol. The molecule has 0 spiro atoms. The van der Waals surface area contributed by atoms with Crippen LogP contribution in [-0.4, -0.2) is 18.0 Å². The molecular weight excluding hydrogens is 341 g/mol. The second-order valence-corrected chi connectivity index (χ2v) is 5.06. The van der Waals surface area contributed by atoms with Gasteiger partial charge < -0.3 is 15.3 Å². The van der Waals surface area contributed by atoms with Gasteiger partial charge in [0.15, 0.2) is 18.5 Å². The van der Waals surface area contributed by atoms with Crippen LogP contribution in [0.5, 0.6) is 0 Å². The third-order valence-corrected chi connectivity index (χ3v) is 3.15. The van der Waals surface area contributed by atoms with Gasteiger partial charge in [-0.05, 0) is 25.1 Å². The van der Waals surface area contributed by atoms with Crippen molar-refractivity contribution in [2.24, 2.45) is 0 Å². The van der Waals surface area contributed by atoms with E-state index in [1.165, 1.54) is 25.1 Å². The van der Waals surface area contributed by atoms with E-state index in [2.05, 4.69) is 5.32 Å². The van der Waals surface area contributed by atoms with Gasteiger partial charge in [0, 0.05) is 17.8 Å². The molecule has 132 valence electrons. The molecule has 1 aromatic carbocycles. The molecule has 1 atom stereocenters. The number of carbonyl (C=O) groups is 2. The maximum absolute atomic E-state index is 12.6. The van der Waals surface area contributed by atoms with E-state index in [9.17, 15) is 28.0 Å². The van der Waals surface area contributed by atoms with Crippen LogP contribution in [-0.2, 0) is 15.7 Å². The second-order valence-electron chi connectivity index (χ2n) is 5.06. The molecule has 6 nitrogen and oxygen atoms in total. The number of benzene rings is 1. The number of ether oxygens (including phenoxy) is 1. The molecule has 0 saturated carbocycles. The summed E-state index contributed by atoms with van der Waals surface area (Å²) in [7, 11) is 0. The normalized spacial score (nSPS) is 12.3. The molecule has 1 amide bonds. The van der Waals surface area contributed by atoms with Crippen molar-refractivity contribution in [3.05, 3.63) is 65.1 Å². The highest BCUT2D eigenvalue weighted by atomic mass is 19.4. The molecule has 0 aliphatic rings. The summed E-state index contributed by atoms with van der Waals surface area (Å²) in [6.07, 6.45) is -3.61. The number of halogens is 3. The average Bonchev–Trinajstić information content (AvgIpc) is 2.54. The van der Waals surface area contributed by atoms with Crippen LogP contribution in [0.1, 0.15) is 22.8 Å². The van der Waals surface area contributed by atoms with Gasteiger partial charge in [-0.25, -0.2) is 4.79 Å². The number of anilines is 1. The zero-order valence-electron chi connectivity index (χ0n) is 12.9.